The highest BCUT2D eigenvalue weighted by Crippen LogP contribution is 2.34. The molecule has 0 aliphatic heterocycles. The molecule has 3 aromatic rings. The Kier molecular flexibility index (Phi) is 4.76. The van der Waals surface area contributed by atoms with Crippen molar-refractivity contribution in [3.63, 3.8) is 0 Å². The number of hydrogen-bond acceptors (Lipinski definition) is 5. The molecule has 0 bridgehead atoms. The van der Waals surface area contributed by atoms with Crippen LogP contribution < -0.4 is 5.32 Å². The molecule has 1 N–H and O–H groups in total. The van der Waals surface area contributed by atoms with E-state index in [1.165, 1.54) is 11.3 Å². The second kappa shape index (κ2) is 6.97. The maximum Gasteiger partial charge on any atom is 0.257 e. The molecule has 6 heteroatoms. The molecule has 24 heavy (non-hydrogen) atoms. The molecular weight excluding hydrogens is 322 g/mol. The molecule has 3 rings (SSSR count). The van der Waals surface area contributed by atoms with Gasteiger partial charge in [-0.15, -0.1) is 21.5 Å². The number of anilines is 1. The lowest BCUT2D eigenvalue weighted by molar-refractivity contribution is -0.117. The molecule has 1 aromatic carbocycles. The van der Waals surface area contributed by atoms with Crippen LogP contribution in [0.4, 0.5) is 5.69 Å². The number of thiophene rings is 1. The number of carbonyl (C=O) groups excluding carboxylic acids is 1. The van der Waals surface area contributed by atoms with Crippen molar-refractivity contribution in [2.75, 3.05) is 5.32 Å². The Morgan fingerprint density at radius 1 is 1.29 bits per heavy atom. The van der Waals surface area contributed by atoms with Gasteiger partial charge < -0.3 is 9.73 Å². The Morgan fingerprint density at radius 2 is 2.04 bits per heavy atom. The normalized spacial score (nSPS) is 12.1. The van der Waals surface area contributed by atoms with Gasteiger partial charge in [0.05, 0.1) is 16.5 Å². The smallest absolute Gasteiger partial charge is 0.257 e. The van der Waals surface area contributed by atoms with E-state index < -0.39 is 0 Å². The maximum absolute atomic E-state index is 12.5. The van der Waals surface area contributed by atoms with E-state index in [0.717, 1.165) is 21.0 Å². The summed E-state index contributed by atoms with van der Waals surface area (Å²) < 4.78 is 5.58. The van der Waals surface area contributed by atoms with Crippen LogP contribution in [0.25, 0.3) is 10.8 Å². The van der Waals surface area contributed by atoms with Crippen LogP contribution in [0.3, 0.4) is 0 Å². The van der Waals surface area contributed by atoms with E-state index in [4.69, 9.17) is 4.42 Å². The highest BCUT2D eigenvalue weighted by Gasteiger charge is 2.18. The molecule has 5 nitrogen and oxygen atoms in total. The highest BCUT2D eigenvalue weighted by atomic mass is 32.1. The Morgan fingerprint density at radius 3 is 2.71 bits per heavy atom. The first-order chi connectivity index (χ1) is 11.6. The van der Waals surface area contributed by atoms with Gasteiger partial charge in [-0.3, -0.25) is 4.79 Å². The van der Waals surface area contributed by atoms with Gasteiger partial charge in [0.25, 0.3) is 5.89 Å². The van der Waals surface area contributed by atoms with Crippen LogP contribution in [-0.4, -0.2) is 16.1 Å². The van der Waals surface area contributed by atoms with Gasteiger partial charge in [0.1, 0.15) is 0 Å². The van der Waals surface area contributed by atoms with Crippen LogP contribution in [0.15, 0.2) is 40.8 Å². The summed E-state index contributed by atoms with van der Waals surface area (Å²) in [5.74, 6) is 0.855. The number of rotatable bonds is 5. The van der Waals surface area contributed by atoms with E-state index in [0.29, 0.717) is 18.2 Å². The topological polar surface area (TPSA) is 68.0 Å². The molecule has 0 spiro atoms. The highest BCUT2D eigenvalue weighted by molar-refractivity contribution is 7.15. The molecule has 0 saturated heterocycles. The van der Waals surface area contributed by atoms with Gasteiger partial charge in [0.2, 0.25) is 11.8 Å². The zero-order valence-corrected chi connectivity index (χ0v) is 14.7. The van der Waals surface area contributed by atoms with Gasteiger partial charge >= 0.3 is 0 Å². The predicted molar refractivity (Wildman–Crippen MR) is 95.2 cm³/mol. The minimum absolute atomic E-state index is 0.0339. The molecule has 0 radical (unpaired) electrons. The zero-order valence-electron chi connectivity index (χ0n) is 13.9. The number of aromatic nitrogens is 2. The molecule has 1 atom stereocenters. The molecule has 0 unspecified atom stereocenters. The van der Waals surface area contributed by atoms with Crippen molar-refractivity contribution in [3.8, 4) is 10.8 Å². The van der Waals surface area contributed by atoms with Crippen LogP contribution in [0.1, 0.15) is 36.1 Å². The quantitative estimate of drug-likeness (QED) is 0.746. The summed E-state index contributed by atoms with van der Waals surface area (Å²) in [6.07, 6.45) is 0.704. The number of nitrogens with zero attached hydrogens (tertiary/aromatic N) is 2. The third kappa shape index (κ3) is 3.38. The summed E-state index contributed by atoms with van der Waals surface area (Å²) in [6.45, 7) is 5.83. The minimum Gasteiger partial charge on any atom is -0.420 e. The molecule has 1 amide bonds. The fourth-order valence-corrected chi connectivity index (χ4v) is 3.24. The number of hydrogen-bond donors (Lipinski definition) is 1. The van der Waals surface area contributed by atoms with Crippen molar-refractivity contribution >= 4 is 22.9 Å². The van der Waals surface area contributed by atoms with E-state index in [9.17, 15) is 4.79 Å². The van der Waals surface area contributed by atoms with Gasteiger partial charge in [-0.25, -0.2) is 0 Å². The summed E-state index contributed by atoms with van der Waals surface area (Å²) in [6, 6.07) is 11.6. The summed E-state index contributed by atoms with van der Waals surface area (Å²) in [4.78, 5) is 14.4. The third-order valence-corrected chi connectivity index (χ3v) is 4.89. The standard InChI is InChI=1S/C18H19N3O2S/c1-4-16-20-21-18(23-16)15-10-14(12(3)24-15)19-17(22)11(2)13-8-6-5-7-9-13/h5-11H,4H2,1-3H3,(H,19,22)/t11-/m1/s1. The molecule has 2 aromatic heterocycles. The molecular formula is C18H19N3O2S. The lowest BCUT2D eigenvalue weighted by Gasteiger charge is -2.12. The third-order valence-electron chi connectivity index (χ3n) is 3.85. The lowest BCUT2D eigenvalue weighted by Crippen LogP contribution is -2.18. The molecule has 124 valence electrons. The number of carbonyl (C=O) groups is 1. The van der Waals surface area contributed by atoms with Gasteiger partial charge in [0.15, 0.2) is 0 Å². The fraction of sp³-hybridized carbons (Fsp3) is 0.278. The molecule has 0 aliphatic carbocycles. The van der Waals surface area contributed by atoms with Crippen LogP contribution in [-0.2, 0) is 11.2 Å². The largest absolute Gasteiger partial charge is 0.420 e. The van der Waals surface area contributed by atoms with E-state index >= 15 is 0 Å². The zero-order chi connectivity index (χ0) is 17.1. The van der Waals surface area contributed by atoms with Crippen molar-refractivity contribution in [1.29, 1.82) is 0 Å². The summed E-state index contributed by atoms with van der Waals surface area (Å²) in [5, 5.41) is 11.0. The SMILES string of the molecule is CCc1nnc(-c2cc(NC(=O)[C@H](C)c3ccccc3)c(C)s2)o1. The first-order valence-electron chi connectivity index (χ1n) is 7.87. The van der Waals surface area contributed by atoms with Crippen molar-refractivity contribution < 1.29 is 9.21 Å². The van der Waals surface area contributed by atoms with Crippen molar-refractivity contribution in [2.24, 2.45) is 0 Å². The van der Waals surface area contributed by atoms with E-state index in [1.54, 1.807) is 0 Å². The number of benzene rings is 1. The minimum atomic E-state index is -0.218. The van der Waals surface area contributed by atoms with Gasteiger partial charge in [0, 0.05) is 11.3 Å². The van der Waals surface area contributed by atoms with Crippen LogP contribution in [0.5, 0.6) is 0 Å². The Labute approximate surface area is 144 Å². The molecule has 0 aliphatic rings. The van der Waals surface area contributed by atoms with Gasteiger partial charge in [-0.05, 0) is 25.5 Å². The average molecular weight is 341 g/mol. The maximum atomic E-state index is 12.5. The van der Waals surface area contributed by atoms with Crippen LogP contribution in [0, 0.1) is 6.92 Å². The first kappa shape index (κ1) is 16.4. The van der Waals surface area contributed by atoms with Gasteiger partial charge in [-0.1, -0.05) is 37.3 Å². The number of amides is 1. The Hall–Kier alpha value is -2.47. The number of nitrogens with one attached hydrogen (secondary N) is 1. The molecule has 0 saturated carbocycles. The van der Waals surface area contributed by atoms with E-state index in [2.05, 4.69) is 15.5 Å². The summed E-state index contributed by atoms with van der Waals surface area (Å²) in [5.41, 5.74) is 1.78. The van der Waals surface area contributed by atoms with Crippen LogP contribution in [0.2, 0.25) is 0 Å². The van der Waals surface area contributed by atoms with E-state index in [-0.39, 0.29) is 11.8 Å². The van der Waals surface area contributed by atoms with E-state index in [1.807, 2.05) is 57.2 Å². The second-order valence-electron chi connectivity index (χ2n) is 5.56. The molecule has 2 heterocycles. The summed E-state index contributed by atoms with van der Waals surface area (Å²) in [7, 11) is 0. The molecule has 0 fully saturated rings. The Balaban J connectivity index is 1.77. The Bertz CT molecular complexity index is 839. The van der Waals surface area contributed by atoms with Crippen molar-refractivity contribution in [2.45, 2.75) is 33.1 Å². The van der Waals surface area contributed by atoms with Crippen molar-refractivity contribution in [3.05, 3.63) is 52.7 Å². The second-order valence-corrected chi connectivity index (χ2v) is 6.81. The predicted octanol–water partition coefficient (Wildman–Crippen LogP) is 4.41. The number of aryl methyl sites for hydroxylation is 2. The summed E-state index contributed by atoms with van der Waals surface area (Å²) >= 11 is 1.53. The van der Waals surface area contributed by atoms with Crippen LogP contribution >= 0.6 is 11.3 Å². The van der Waals surface area contributed by atoms with Gasteiger partial charge in [-0.2, -0.15) is 0 Å². The van der Waals surface area contributed by atoms with Crippen molar-refractivity contribution in [1.82, 2.24) is 10.2 Å². The first-order valence-corrected chi connectivity index (χ1v) is 8.69. The lowest BCUT2D eigenvalue weighted by atomic mass is 10.0. The monoisotopic (exact) mass is 341 g/mol. The fourth-order valence-electron chi connectivity index (χ4n) is 2.34. The average Bonchev–Trinajstić information content (AvgIpc) is 3.22.